The lowest BCUT2D eigenvalue weighted by Crippen LogP contribution is -2.06. The molecule has 0 saturated carbocycles. The molecule has 2 rings (SSSR count). The first-order chi connectivity index (χ1) is 8.16. The second-order valence-corrected chi connectivity index (χ2v) is 3.72. The van der Waals surface area contributed by atoms with E-state index in [-0.39, 0.29) is 0 Å². The number of carbonyl (C=O) groups is 1. The first-order valence-electron chi connectivity index (χ1n) is 5.20. The Bertz CT molecular complexity index is 534. The lowest BCUT2D eigenvalue weighted by atomic mass is 10.1. The maximum atomic E-state index is 11.0. The van der Waals surface area contributed by atoms with Gasteiger partial charge in [0.25, 0.3) is 0 Å². The van der Waals surface area contributed by atoms with Crippen LogP contribution in [0.4, 0.5) is 5.69 Å². The Labute approximate surface area is 98.7 Å². The smallest absolute Gasteiger partial charge is 0.336 e. The van der Waals surface area contributed by atoms with E-state index in [1.165, 1.54) is 0 Å². The maximum Gasteiger partial charge on any atom is 0.336 e. The lowest BCUT2D eigenvalue weighted by Gasteiger charge is -2.06. The molecule has 2 N–H and O–H groups in total. The van der Waals surface area contributed by atoms with Crippen molar-refractivity contribution in [3.05, 3.63) is 47.8 Å². The molecule has 17 heavy (non-hydrogen) atoms. The molecule has 0 fully saturated rings. The summed E-state index contributed by atoms with van der Waals surface area (Å²) < 4.78 is 1.69. The third-order valence-electron chi connectivity index (χ3n) is 2.44. The molecule has 0 aliphatic rings. The molecule has 1 heterocycles. The fraction of sp³-hybridized carbons (Fsp3) is 0.167. The van der Waals surface area contributed by atoms with Crippen LogP contribution in [0.25, 0.3) is 0 Å². The van der Waals surface area contributed by atoms with Gasteiger partial charge in [-0.3, -0.25) is 4.68 Å². The molecule has 0 aliphatic heterocycles. The predicted octanol–water partition coefficient (Wildman–Crippen LogP) is 1.73. The molecule has 0 unspecified atom stereocenters. The molecule has 0 saturated heterocycles. The van der Waals surface area contributed by atoms with Gasteiger partial charge in [0.2, 0.25) is 0 Å². The van der Waals surface area contributed by atoms with E-state index in [1.807, 2.05) is 19.3 Å². The standard InChI is InChI=1S/C12H13N3O2/c1-15-8-10(7-14-15)13-6-9-4-2-3-5-11(9)12(16)17/h2-5,7-8,13H,6H2,1H3,(H,16,17). The van der Waals surface area contributed by atoms with Crippen LogP contribution in [0, 0.1) is 0 Å². The van der Waals surface area contributed by atoms with E-state index in [2.05, 4.69) is 10.4 Å². The molecule has 0 radical (unpaired) electrons. The topological polar surface area (TPSA) is 67.2 Å². The molecular weight excluding hydrogens is 218 g/mol. The normalized spacial score (nSPS) is 10.2. The Morgan fingerprint density at radius 3 is 2.88 bits per heavy atom. The molecule has 88 valence electrons. The zero-order valence-corrected chi connectivity index (χ0v) is 9.42. The molecule has 1 aromatic heterocycles. The largest absolute Gasteiger partial charge is 0.478 e. The fourth-order valence-electron chi connectivity index (χ4n) is 1.59. The van der Waals surface area contributed by atoms with E-state index in [4.69, 9.17) is 5.11 Å². The fourth-order valence-corrected chi connectivity index (χ4v) is 1.59. The van der Waals surface area contributed by atoms with Crippen LogP contribution in [-0.4, -0.2) is 20.9 Å². The molecule has 5 nitrogen and oxygen atoms in total. The molecule has 2 aromatic rings. The summed E-state index contributed by atoms with van der Waals surface area (Å²) in [6, 6.07) is 6.94. The van der Waals surface area contributed by atoms with Crippen molar-refractivity contribution in [3.63, 3.8) is 0 Å². The maximum absolute atomic E-state index is 11.0. The van der Waals surface area contributed by atoms with Crippen LogP contribution in [0.3, 0.4) is 0 Å². The molecule has 0 atom stereocenters. The highest BCUT2D eigenvalue weighted by atomic mass is 16.4. The van der Waals surface area contributed by atoms with E-state index in [1.54, 1.807) is 29.1 Å². The minimum absolute atomic E-state index is 0.323. The highest BCUT2D eigenvalue weighted by Gasteiger charge is 2.08. The van der Waals surface area contributed by atoms with Crippen molar-refractivity contribution >= 4 is 11.7 Å². The van der Waals surface area contributed by atoms with Gasteiger partial charge in [-0.2, -0.15) is 5.10 Å². The number of nitrogens with zero attached hydrogens (tertiary/aromatic N) is 2. The van der Waals surface area contributed by atoms with Gasteiger partial charge in [-0.15, -0.1) is 0 Å². The van der Waals surface area contributed by atoms with Crippen LogP contribution in [0.5, 0.6) is 0 Å². The molecule has 0 amide bonds. The number of nitrogens with one attached hydrogen (secondary N) is 1. The Balaban J connectivity index is 2.11. The van der Waals surface area contributed by atoms with Gasteiger partial charge in [0.15, 0.2) is 0 Å². The number of anilines is 1. The van der Waals surface area contributed by atoms with Crippen LogP contribution in [0.2, 0.25) is 0 Å². The number of rotatable bonds is 4. The molecule has 0 spiro atoms. The van der Waals surface area contributed by atoms with E-state index in [9.17, 15) is 4.79 Å². The van der Waals surface area contributed by atoms with Crippen molar-refractivity contribution < 1.29 is 9.90 Å². The minimum atomic E-state index is -0.909. The van der Waals surface area contributed by atoms with E-state index in [0.29, 0.717) is 12.1 Å². The van der Waals surface area contributed by atoms with E-state index < -0.39 is 5.97 Å². The number of hydrogen-bond donors (Lipinski definition) is 2. The van der Waals surface area contributed by atoms with Gasteiger partial charge in [-0.1, -0.05) is 18.2 Å². The first-order valence-corrected chi connectivity index (χ1v) is 5.20. The number of aromatic carboxylic acids is 1. The van der Waals surface area contributed by atoms with Crippen molar-refractivity contribution in [2.45, 2.75) is 6.54 Å². The highest BCUT2D eigenvalue weighted by Crippen LogP contribution is 2.12. The van der Waals surface area contributed by atoms with Crippen LogP contribution in [0.1, 0.15) is 15.9 Å². The summed E-state index contributed by atoms with van der Waals surface area (Å²) in [6.45, 7) is 0.466. The number of carboxylic acid groups (broad SMARTS) is 1. The van der Waals surface area contributed by atoms with Crippen LogP contribution >= 0.6 is 0 Å². The average Bonchev–Trinajstić information content (AvgIpc) is 2.73. The monoisotopic (exact) mass is 231 g/mol. The Hall–Kier alpha value is -2.30. The van der Waals surface area contributed by atoms with Crippen LogP contribution in [0.15, 0.2) is 36.7 Å². The summed E-state index contributed by atoms with van der Waals surface area (Å²) in [5.41, 5.74) is 1.94. The summed E-state index contributed by atoms with van der Waals surface area (Å²) in [5.74, 6) is -0.909. The number of benzene rings is 1. The number of hydrogen-bond acceptors (Lipinski definition) is 3. The third-order valence-corrected chi connectivity index (χ3v) is 2.44. The van der Waals surface area contributed by atoms with Gasteiger partial charge in [-0.05, 0) is 11.6 Å². The van der Waals surface area contributed by atoms with Crippen molar-refractivity contribution in [3.8, 4) is 0 Å². The van der Waals surface area contributed by atoms with Crippen LogP contribution in [-0.2, 0) is 13.6 Å². The highest BCUT2D eigenvalue weighted by molar-refractivity contribution is 5.89. The van der Waals surface area contributed by atoms with Gasteiger partial charge in [-0.25, -0.2) is 4.79 Å². The summed E-state index contributed by atoms with van der Waals surface area (Å²) in [7, 11) is 1.83. The van der Waals surface area contributed by atoms with Crippen molar-refractivity contribution in [2.24, 2.45) is 7.05 Å². The van der Waals surface area contributed by atoms with E-state index >= 15 is 0 Å². The molecule has 0 aliphatic carbocycles. The first kappa shape index (κ1) is 11.2. The summed E-state index contributed by atoms with van der Waals surface area (Å²) >= 11 is 0. The molecule has 5 heteroatoms. The Morgan fingerprint density at radius 1 is 1.47 bits per heavy atom. The van der Waals surface area contributed by atoms with Gasteiger partial charge in [0.1, 0.15) is 0 Å². The van der Waals surface area contributed by atoms with Crippen molar-refractivity contribution in [1.29, 1.82) is 0 Å². The van der Waals surface area contributed by atoms with Gasteiger partial charge < -0.3 is 10.4 Å². The van der Waals surface area contributed by atoms with Crippen LogP contribution < -0.4 is 5.32 Å². The third kappa shape index (κ3) is 2.63. The van der Waals surface area contributed by atoms with E-state index in [0.717, 1.165) is 11.3 Å². The minimum Gasteiger partial charge on any atom is -0.478 e. The Kier molecular flexibility index (Phi) is 3.09. The second-order valence-electron chi connectivity index (χ2n) is 3.72. The number of aromatic nitrogens is 2. The Morgan fingerprint density at radius 2 is 2.24 bits per heavy atom. The number of aryl methyl sites for hydroxylation is 1. The van der Waals surface area contributed by atoms with Crippen molar-refractivity contribution in [1.82, 2.24) is 9.78 Å². The number of carboxylic acids is 1. The lowest BCUT2D eigenvalue weighted by molar-refractivity contribution is 0.0696. The molecular formula is C12H13N3O2. The van der Waals surface area contributed by atoms with Crippen molar-refractivity contribution in [2.75, 3.05) is 5.32 Å². The summed E-state index contributed by atoms with van der Waals surface area (Å²) in [6.07, 6.45) is 3.53. The SMILES string of the molecule is Cn1cc(NCc2ccccc2C(=O)O)cn1. The van der Waals surface area contributed by atoms with Gasteiger partial charge in [0.05, 0.1) is 17.4 Å². The summed E-state index contributed by atoms with van der Waals surface area (Å²) in [5, 5.41) is 16.2. The quantitative estimate of drug-likeness (QED) is 0.841. The summed E-state index contributed by atoms with van der Waals surface area (Å²) in [4.78, 5) is 11.0. The zero-order valence-electron chi connectivity index (χ0n) is 9.42. The zero-order chi connectivity index (χ0) is 12.3. The van der Waals surface area contributed by atoms with Gasteiger partial charge in [0, 0.05) is 19.8 Å². The second kappa shape index (κ2) is 4.69. The molecule has 0 bridgehead atoms. The average molecular weight is 231 g/mol. The van der Waals surface area contributed by atoms with Gasteiger partial charge >= 0.3 is 5.97 Å². The predicted molar refractivity (Wildman–Crippen MR) is 63.9 cm³/mol. The molecule has 1 aromatic carbocycles.